The predicted molar refractivity (Wildman–Crippen MR) is 86.2 cm³/mol. The maximum Gasteiger partial charge on any atom is 0.115 e. The van der Waals surface area contributed by atoms with Crippen LogP contribution in [0.15, 0.2) is 24.3 Å². The van der Waals surface area contributed by atoms with Gasteiger partial charge in [-0.15, -0.1) is 0 Å². The van der Waals surface area contributed by atoms with Gasteiger partial charge in [-0.05, 0) is 55.2 Å². The van der Waals surface area contributed by atoms with Crippen LogP contribution in [-0.4, -0.2) is 5.11 Å². The maximum absolute atomic E-state index is 9.36. The second-order valence-corrected chi connectivity index (χ2v) is 6.51. The third kappa shape index (κ3) is 4.85. The average molecular weight is 274 g/mol. The van der Waals surface area contributed by atoms with Crippen LogP contribution in [0.5, 0.6) is 5.75 Å². The van der Waals surface area contributed by atoms with Crippen molar-refractivity contribution in [1.82, 2.24) is 0 Å². The Kier molecular flexibility index (Phi) is 6.42. The van der Waals surface area contributed by atoms with Crippen molar-refractivity contribution >= 4 is 0 Å². The third-order valence-electron chi connectivity index (χ3n) is 4.93. The molecule has 0 heterocycles. The predicted octanol–water partition coefficient (Wildman–Crippen LogP) is 6.03. The highest BCUT2D eigenvalue weighted by Gasteiger charge is 2.21. The van der Waals surface area contributed by atoms with E-state index in [4.69, 9.17) is 0 Å². The van der Waals surface area contributed by atoms with Crippen molar-refractivity contribution in [3.05, 3.63) is 29.8 Å². The fourth-order valence-electron chi connectivity index (χ4n) is 3.57. The van der Waals surface area contributed by atoms with Gasteiger partial charge in [-0.25, -0.2) is 0 Å². The minimum absolute atomic E-state index is 0.384. The molecule has 1 N–H and O–H groups in total. The van der Waals surface area contributed by atoms with Crippen molar-refractivity contribution in [3.63, 3.8) is 0 Å². The van der Waals surface area contributed by atoms with Gasteiger partial charge in [-0.1, -0.05) is 57.6 Å². The summed E-state index contributed by atoms with van der Waals surface area (Å²) in [5.74, 6) is 2.09. The first-order valence-electron chi connectivity index (χ1n) is 8.58. The smallest absolute Gasteiger partial charge is 0.115 e. The normalized spacial score (nSPS) is 22.9. The van der Waals surface area contributed by atoms with Gasteiger partial charge in [0.15, 0.2) is 0 Å². The molecule has 0 amide bonds. The van der Waals surface area contributed by atoms with Crippen molar-refractivity contribution in [2.75, 3.05) is 0 Å². The Labute approximate surface area is 124 Å². The average Bonchev–Trinajstić information content (AvgIpc) is 2.49. The lowest BCUT2D eigenvalue weighted by molar-refractivity contribution is 0.302. The van der Waals surface area contributed by atoms with E-state index in [-0.39, 0.29) is 0 Å². The van der Waals surface area contributed by atoms with E-state index in [1.54, 1.807) is 0 Å². The van der Waals surface area contributed by atoms with E-state index in [0.29, 0.717) is 5.75 Å². The van der Waals surface area contributed by atoms with Crippen LogP contribution in [0.25, 0.3) is 0 Å². The maximum atomic E-state index is 9.36. The van der Waals surface area contributed by atoms with E-state index in [2.05, 4.69) is 19.1 Å². The van der Waals surface area contributed by atoms with Crippen molar-refractivity contribution in [2.45, 2.75) is 77.0 Å². The lowest BCUT2D eigenvalue weighted by Crippen LogP contribution is -2.13. The molecule has 0 atom stereocenters. The molecule has 0 bridgehead atoms. The molecule has 1 saturated carbocycles. The molecule has 1 aliphatic rings. The molecule has 0 saturated heterocycles. The molecule has 0 unspecified atom stereocenters. The van der Waals surface area contributed by atoms with Gasteiger partial charge in [0.1, 0.15) is 5.75 Å². The Morgan fingerprint density at radius 3 is 2.20 bits per heavy atom. The van der Waals surface area contributed by atoms with Crippen molar-refractivity contribution in [2.24, 2.45) is 5.92 Å². The number of hydrogen-bond acceptors (Lipinski definition) is 1. The molecule has 20 heavy (non-hydrogen) atoms. The molecule has 0 aliphatic heterocycles. The van der Waals surface area contributed by atoms with Crippen molar-refractivity contribution in [3.8, 4) is 5.75 Å². The van der Waals surface area contributed by atoms with E-state index in [0.717, 1.165) is 11.8 Å². The van der Waals surface area contributed by atoms with Gasteiger partial charge in [0.05, 0.1) is 0 Å². The van der Waals surface area contributed by atoms with E-state index >= 15 is 0 Å². The summed E-state index contributed by atoms with van der Waals surface area (Å²) >= 11 is 0. The SMILES string of the molecule is CCCCCCC[C@H]1CC[C@H](c2ccc(O)cc2)CC1. The largest absolute Gasteiger partial charge is 0.508 e. The van der Waals surface area contributed by atoms with Crippen LogP contribution in [0, 0.1) is 5.92 Å². The molecule has 112 valence electrons. The van der Waals surface area contributed by atoms with Crippen LogP contribution in [-0.2, 0) is 0 Å². The molecule has 1 heteroatoms. The molecule has 0 radical (unpaired) electrons. The van der Waals surface area contributed by atoms with Crippen LogP contribution in [0.3, 0.4) is 0 Å². The number of aromatic hydroxyl groups is 1. The van der Waals surface area contributed by atoms with Gasteiger partial charge in [0, 0.05) is 0 Å². The number of benzene rings is 1. The highest BCUT2D eigenvalue weighted by atomic mass is 16.3. The summed E-state index contributed by atoms with van der Waals surface area (Å²) in [6, 6.07) is 7.86. The van der Waals surface area contributed by atoms with Gasteiger partial charge >= 0.3 is 0 Å². The van der Waals surface area contributed by atoms with Gasteiger partial charge < -0.3 is 5.11 Å². The first kappa shape index (κ1) is 15.4. The molecule has 1 aromatic carbocycles. The molecular weight excluding hydrogens is 244 g/mol. The number of unbranched alkanes of at least 4 members (excludes halogenated alkanes) is 4. The highest BCUT2D eigenvalue weighted by molar-refractivity contribution is 5.28. The fraction of sp³-hybridized carbons (Fsp3) is 0.684. The summed E-state index contributed by atoms with van der Waals surface area (Å²) in [6.07, 6.45) is 14.0. The molecule has 0 spiro atoms. The number of phenols is 1. The zero-order chi connectivity index (χ0) is 14.2. The molecule has 1 aromatic rings. The summed E-state index contributed by atoms with van der Waals surface area (Å²) in [6.45, 7) is 2.28. The van der Waals surface area contributed by atoms with Crippen LogP contribution in [0.1, 0.15) is 82.6 Å². The lowest BCUT2D eigenvalue weighted by Gasteiger charge is -2.29. The quantitative estimate of drug-likeness (QED) is 0.602. The molecule has 1 aliphatic carbocycles. The standard InChI is InChI=1S/C19H30O/c1-2-3-4-5-6-7-16-8-10-17(11-9-16)18-12-14-19(20)15-13-18/h12-17,20H,2-11H2,1H3/t16-,17-. The van der Waals surface area contributed by atoms with E-state index < -0.39 is 0 Å². The second-order valence-electron chi connectivity index (χ2n) is 6.51. The Morgan fingerprint density at radius 1 is 0.900 bits per heavy atom. The van der Waals surface area contributed by atoms with Crippen LogP contribution in [0.4, 0.5) is 0 Å². The molecule has 1 fully saturated rings. The number of hydrogen-bond donors (Lipinski definition) is 1. The second kappa shape index (κ2) is 8.34. The zero-order valence-electron chi connectivity index (χ0n) is 13.0. The summed E-state index contributed by atoms with van der Waals surface area (Å²) < 4.78 is 0. The Balaban J connectivity index is 1.66. The molecular formula is C19H30O. The van der Waals surface area contributed by atoms with E-state index in [9.17, 15) is 5.11 Å². The van der Waals surface area contributed by atoms with Crippen LogP contribution >= 0.6 is 0 Å². The molecule has 0 aromatic heterocycles. The van der Waals surface area contributed by atoms with Crippen LogP contribution < -0.4 is 0 Å². The van der Waals surface area contributed by atoms with Crippen LogP contribution in [0.2, 0.25) is 0 Å². The molecule has 2 rings (SSSR count). The lowest BCUT2D eigenvalue weighted by atomic mass is 9.77. The zero-order valence-corrected chi connectivity index (χ0v) is 13.0. The van der Waals surface area contributed by atoms with Gasteiger partial charge in [-0.3, -0.25) is 0 Å². The first-order valence-corrected chi connectivity index (χ1v) is 8.58. The summed E-state index contributed by atoms with van der Waals surface area (Å²) in [5, 5.41) is 9.36. The number of rotatable bonds is 7. The monoisotopic (exact) mass is 274 g/mol. The van der Waals surface area contributed by atoms with Crippen molar-refractivity contribution < 1.29 is 5.11 Å². The summed E-state index contributed by atoms with van der Waals surface area (Å²) in [7, 11) is 0. The summed E-state index contributed by atoms with van der Waals surface area (Å²) in [5.41, 5.74) is 1.42. The van der Waals surface area contributed by atoms with E-state index in [1.807, 2.05) is 12.1 Å². The van der Waals surface area contributed by atoms with Gasteiger partial charge in [0.25, 0.3) is 0 Å². The van der Waals surface area contributed by atoms with E-state index in [1.165, 1.54) is 69.8 Å². The first-order chi connectivity index (χ1) is 9.79. The van der Waals surface area contributed by atoms with Gasteiger partial charge in [-0.2, -0.15) is 0 Å². The molecule has 1 nitrogen and oxygen atoms in total. The topological polar surface area (TPSA) is 20.2 Å². The highest BCUT2D eigenvalue weighted by Crippen LogP contribution is 2.38. The third-order valence-corrected chi connectivity index (χ3v) is 4.93. The fourth-order valence-corrected chi connectivity index (χ4v) is 3.57. The Morgan fingerprint density at radius 2 is 1.55 bits per heavy atom. The minimum Gasteiger partial charge on any atom is -0.508 e. The Bertz CT molecular complexity index is 360. The Hall–Kier alpha value is -0.980. The van der Waals surface area contributed by atoms with Crippen molar-refractivity contribution in [1.29, 1.82) is 0 Å². The minimum atomic E-state index is 0.384. The number of phenolic OH excluding ortho intramolecular Hbond substituents is 1. The summed E-state index contributed by atoms with van der Waals surface area (Å²) in [4.78, 5) is 0. The van der Waals surface area contributed by atoms with Gasteiger partial charge in [0.2, 0.25) is 0 Å².